The Morgan fingerprint density at radius 2 is 1.67 bits per heavy atom. The van der Waals surface area contributed by atoms with Crippen LogP contribution in [-0.4, -0.2) is 53.1 Å². The van der Waals surface area contributed by atoms with Crippen LogP contribution in [0.1, 0.15) is 47.0 Å². The highest BCUT2D eigenvalue weighted by Crippen LogP contribution is 2.01. The lowest BCUT2D eigenvalue weighted by Crippen LogP contribution is -2.53. The Balaban J connectivity index is 4.45. The van der Waals surface area contributed by atoms with Crippen LogP contribution in [0.15, 0.2) is 0 Å². The number of likely N-dealkylation sites (N-methyl/N-ethyl adjacent to an activating group) is 1. The first-order chi connectivity index (χ1) is 9.87. The second-order valence-electron chi connectivity index (χ2n) is 4.88. The Labute approximate surface area is 126 Å². The van der Waals surface area contributed by atoms with E-state index in [4.69, 9.17) is 5.11 Å². The zero-order valence-corrected chi connectivity index (χ0v) is 13.3. The van der Waals surface area contributed by atoms with Gasteiger partial charge in [0, 0.05) is 13.1 Å². The molecule has 0 saturated carbocycles. The summed E-state index contributed by atoms with van der Waals surface area (Å²) in [4.78, 5) is 36.4. The first-order valence-electron chi connectivity index (χ1n) is 7.45. The molecule has 1 unspecified atom stereocenters. The molecule has 7 nitrogen and oxygen atoms in total. The van der Waals surface area contributed by atoms with Crippen molar-refractivity contribution in [3.8, 4) is 0 Å². The van der Waals surface area contributed by atoms with Gasteiger partial charge >= 0.3 is 12.0 Å². The van der Waals surface area contributed by atoms with Crippen LogP contribution in [-0.2, 0) is 9.59 Å². The number of carboxylic acid groups (broad SMARTS) is 1. The summed E-state index contributed by atoms with van der Waals surface area (Å²) in [5.74, 6) is -1.25. The molecule has 0 aromatic rings. The van der Waals surface area contributed by atoms with Crippen molar-refractivity contribution >= 4 is 17.9 Å². The number of urea groups is 1. The van der Waals surface area contributed by atoms with E-state index in [0.717, 1.165) is 6.42 Å². The molecule has 0 aliphatic heterocycles. The van der Waals surface area contributed by atoms with Crippen molar-refractivity contribution in [1.29, 1.82) is 0 Å². The Hall–Kier alpha value is -1.79. The third-order valence-corrected chi connectivity index (χ3v) is 3.24. The smallest absolute Gasteiger partial charge is 0.326 e. The maximum atomic E-state index is 12.0. The van der Waals surface area contributed by atoms with E-state index in [1.165, 1.54) is 0 Å². The van der Waals surface area contributed by atoms with Gasteiger partial charge in [-0.05, 0) is 27.2 Å². The largest absolute Gasteiger partial charge is 0.480 e. The Morgan fingerprint density at radius 1 is 1.10 bits per heavy atom. The lowest BCUT2D eigenvalue weighted by molar-refractivity contribution is -0.139. The van der Waals surface area contributed by atoms with Crippen molar-refractivity contribution < 1.29 is 19.5 Å². The van der Waals surface area contributed by atoms with Crippen molar-refractivity contribution in [3.63, 3.8) is 0 Å². The van der Waals surface area contributed by atoms with Crippen LogP contribution < -0.4 is 10.6 Å². The first kappa shape index (κ1) is 19.2. The van der Waals surface area contributed by atoms with Crippen LogP contribution in [0.3, 0.4) is 0 Å². The van der Waals surface area contributed by atoms with Gasteiger partial charge in [-0.1, -0.05) is 19.8 Å². The number of amides is 3. The van der Waals surface area contributed by atoms with Crippen LogP contribution in [0.5, 0.6) is 0 Å². The molecule has 0 spiro atoms. The molecule has 7 heteroatoms. The van der Waals surface area contributed by atoms with Gasteiger partial charge in [0.25, 0.3) is 0 Å². The maximum Gasteiger partial charge on any atom is 0.326 e. The monoisotopic (exact) mass is 301 g/mol. The van der Waals surface area contributed by atoms with Gasteiger partial charge in [-0.15, -0.1) is 0 Å². The van der Waals surface area contributed by atoms with Gasteiger partial charge in [0.2, 0.25) is 5.91 Å². The third kappa shape index (κ3) is 6.97. The molecule has 0 saturated heterocycles. The molecule has 3 N–H and O–H groups in total. The summed E-state index contributed by atoms with van der Waals surface area (Å²) >= 11 is 0. The Morgan fingerprint density at radius 3 is 2.10 bits per heavy atom. The molecular formula is C14H27N3O4. The molecular weight excluding hydrogens is 274 g/mol. The SMILES string of the molecule is CCCC[C@H](NC(=O)NC(C)C(=O)N(CC)CC)C(=O)O. The second-order valence-corrected chi connectivity index (χ2v) is 4.88. The van der Waals surface area contributed by atoms with E-state index in [0.29, 0.717) is 25.9 Å². The molecule has 0 aliphatic carbocycles. The molecule has 0 fully saturated rings. The number of hydrogen-bond acceptors (Lipinski definition) is 3. The van der Waals surface area contributed by atoms with Gasteiger partial charge < -0.3 is 20.6 Å². The van der Waals surface area contributed by atoms with Crippen LogP contribution in [0.4, 0.5) is 4.79 Å². The van der Waals surface area contributed by atoms with Gasteiger partial charge in [0.05, 0.1) is 0 Å². The number of carbonyl (C=O) groups excluding carboxylic acids is 2. The zero-order chi connectivity index (χ0) is 16.4. The summed E-state index contributed by atoms with van der Waals surface area (Å²) in [6.45, 7) is 8.39. The molecule has 122 valence electrons. The third-order valence-electron chi connectivity index (χ3n) is 3.24. The summed E-state index contributed by atoms with van der Waals surface area (Å²) < 4.78 is 0. The topological polar surface area (TPSA) is 98.7 Å². The van der Waals surface area contributed by atoms with Crippen molar-refractivity contribution in [3.05, 3.63) is 0 Å². The summed E-state index contributed by atoms with van der Waals surface area (Å²) in [6, 6.07) is -2.25. The zero-order valence-electron chi connectivity index (χ0n) is 13.3. The lowest BCUT2D eigenvalue weighted by atomic mass is 10.1. The van der Waals surface area contributed by atoms with Crippen molar-refractivity contribution in [2.75, 3.05) is 13.1 Å². The Kier molecular flexibility index (Phi) is 9.16. The standard InChI is InChI=1S/C14H27N3O4/c1-5-8-9-11(13(19)20)16-14(21)15-10(4)12(18)17(6-2)7-3/h10-11H,5-9H2,1-4H3,(H,19,20)(H2,15,16,21)/t10?,11-/m0/s1. The number of carboxylic acids is 1. The van der Waals surface area contributed by atoms with E-state index in [1.54, 1.807) is 11.8 Å². The number of aliphatic carboxylic acids is 1. The summed E-state index contributed by atoms with van der Waals surface area (Å²) in [6.07, 6.45) is 1.94. The van der Waals surface area contributed by atoms with Crippen LogP contribution in [0, 0.1) is 0 Å². The number of rotatable bonds is 9. The van der Waals surface area contributed by atoms with Crippen molar-refractivity contribution in [2.24, 2.45) is 0 Å². The quantitative estimate of drug-likeness (QED) is 0.595. The molecule has 0 bridgehead atoms. The minimum atomic E-state index is -1.07. The molecule has 0 aromatic carbocycles. The van der Waals surface area contributed by atoms with E-state index >= 15 is 0 Å². The van der Waals surface area contributed by atoms with Gasteiger partial charge in [-0.25, -0.2) is 9.59 Å². The van der Waals surface area contributed by atoms with E-state index in [1.807, 2.05) is 20.8 Å². The van der Waals surface area contributed by atoms with E-state index in [2.05, 4.69) is 10.6 Å². The van der Waals surface area contributed by atoms with Gasteiger partial charge in [-0.3, -0.25) is 4.79 Å². The fourth-order valence-electron chi connectivity index (χ4n) is 1.93. The highest BCUT2D eigenvalue weighted by molar-refractivity contribution is 5.88. The number of hydrogen-bond donors (Lipinski definition) is 3. The number of unbranched alkanes of at least 4 members (excludes halogenated alkanes) is 1. The van der Waals surface area contributed by atoms with Crippen LogP contribution in [0.2, 0.25) is 0 Å². The number of carbonyl (C=O) groups is 3. The highest BCUT2D eigenvalue weighted by Gasteiger charge is 2.23. The minimum absolute atomic E-state index is 0.185. The fourth-order valence-corrected chi connectivity index (χ4v) is 1.93. The molecule has 0 rings (SSSR count). The summed E-state index contributed by atoms with van der Waals surface area (Å²) in [5.41, 5.74) is 0. The second kappa shape index (κ2) is 10.0. The Bertz CT molecular complexity index is 356. The minimum Gasteiger partial charge on any atom is -0.480 e. The average Bonchev–Trinajstić information content (AvgIpc) is 2.44. The number of nitrogens with one attached hydrogen (secondary N) is 2. The van der Waals surface area contributed by atoms with Gasteiger partial charge in [0.15, 0.2) is 0 Å². The van der Waals surface area contributed by atoms with E-state index in [9.17, 15) is 14.4 Å². The maximum absolute atomic E-state index is 12.0. The van der Waals surface area contributed by atoms with E-state index < -0.39 is 24.1 Å². The number of nitrogens with zero attached hydrogens (tertiary/aromatic N) is 1. The lowest BCUT2D eigenvalue weighted by Gasteiger charge is -2.24. The summed E-state index contributed by atoms with van der Waals surface area (Å²) in [7, 11) is 0. The predicted molar refractivity (Wildman–Crippen MR) is 80.0 cm³/mol. The van der Waals surface area contributed by atoms with Crippen molar-refractivity contribution in [2.45, 2.75) is 59.0 Å². The molecule has 0 radical (unpaired) electrons. The molecule has 0 aliphatic rings. The molecule has 0 heterocycles. The summed E-state index contributed by atoms with van der Waals surface area (Å²) in [5, 5.41) is 13.9. The molecule has 0 aromatic heterocycles. The average molecular weight is 301 g/mol. The molecule has 3 amide bonds. The van der Waals surface area contributed by atoms with Crippen LogP contribution in [0.25, 0.3) is 0 Å². The van der Waals surface area contributed by atoms with Gasteiger partial charge in [0.1, 0.15) is 12.1 Å². The normalized spacial score (nSPS) is 13.1. The highest BCUT2D eigenvalue weighted by atomic mass is 16.4. The van der Waals surface area contributed by atoms with Crippen molar-refractivity contribution in [1.82, 2.24) is 15.5 Å². The predicted octanol–water partition coefficient (Wildman–Crippen LogP) is 1.19. The first-order valence-corrected chi connectivity index (χ1v) is 7.45. The van der Waals surface area contributed by atoms with Gasteiger partial charge in [-0.2, -0.15) is 0 Å². The molecule has 2 atom stereocenters. The van der Waals surface area contributed by atoms with Crippen LogP contribution >= 0.6 is 0 Å². The molecule has 21 heavy (non-hydrogen) atoms. The fraction of sp³-hybridized carbons (Fsp3) is 0.786. The van der Waals surface area contributed by atoms with E-state index in [-0.39, 0.29) is 5.91 Å².